The number of rotatable bonds is 6. The van der Waals surface area contributed by atoms with E-state index in [-0.39, 0.29) is 28.6 Å². The first-order valence-corrected chi connectivity index (χ1v) is 9.20. The van der Waals surface area contributed by atoms with Gasteiger partial charge < -0.3 is 15.4 Å². The number of nitrogens with one attached hydrogen (secondary N) is 2. The number of methoxy groups -OCH3 is 1. The normalized spacial score (nSPS) is 10.8. The molecule has 0 aromatic heterocycles. The molecule has 0 atom stereocenters. The minimum absolute atomic E-state index is 0.0330. The van der Waals surface area contributed by atoms with Crippen LogP contribution in [-0.2, 0) is 26.2 Å². The van der Waals surface area contributed by atoms with Gasteiger partial charge in [0.25, 0.3) is 5.69 Å². The summed E-state index contributed by atoms with van der Waals surface area (Å²) in [5.74, 6) is -1.91. The summed E-state index contributed by atoms with van der Waals surface area (Å²) in [6.45, 7) is -0.0524. The number of primary sulfonamides is 1. The highest BCUT2D eigenvalue weighted by molar-refractivity contribution is 7.89. The summed E-state index contributed by atoms with van der Waals surface area (Å²) in [5.41, 5.74) is 0.210. The molecule has 0 radical (unpaired) electrons. The van der Waals surface area contributed by atoms with E-state index < -0.39 is 26.8 Å². The van der Waals surface area contributed by atoms with Gasteiger partial charge in [0.2, 0.25) is 10.0 Å². The van der Waals surface area contributed by atoms with E-state index in [0.717, 1.165) is 6.07 Å². The van der Waals surface area contributed by atoms with Crippen molar-refractivity contribution >= 4 is 33.2 Å². The number of carbonyl (C=O) groups excluding carboxylic acids is 2. The minimum atomic E-state index is -3.83. The number of nitro benzene ring substituents is 1. The number of nitrogens with zero attached hydrogens (tertiary/aromatic N) is 1. The van der Waals surface area contributed by atoms with Crippen LogP contribution in [0.1, 0.15) is 5.56 Å². The Bertz CT molecular complexity index is 1020. The van der Waals surface area contributed by atoms with Crippen molar-refractivity contribution in [2.45, 2.75) is 11.4 Å². The molecule has 12 heteroatoms. The molecule has 4 N–H and O–H groups in total. The van der Waals surface area contributed by atoms with Crippen LogP contribution < -0.4 is 20.5 Å². The van der Waals surface area contributed by atoms with E-state index in [0.29, 0.717) is 5.56 Å². The molecule has 0 unspecified atom stereocenters. The molecule has 2 rings (SSSR count). The fourth-order valence-electron chi connectivity index (χ4n) is 2.15. The summed E-state index contributed by atoms with van der Waals surface area (Å²) in [4.78, 5) is 34.1. The first-order chi connectivity index (χ1) is 13.1. The third-order valence-electron chi connectivity index (χ3n) is 3.55. The molecule has 0 heterocycles. The minimum Gasteiger partial charge on any atom is -0.495 e. The summed E-state index contributed by atoms with van der Waals surface area (Å²) in [7, 11) is -2.52. The molecule has 0 aliphatic heterocycles. The van der Waals surface area contributed by atoms with Crippen molar-refractivity contribution in [2.24, 2.45) is 5.14 Å². The number of nitro groups is 1. The molecule has 0 aliphatic rings. The van der Waals surface area contributed by atoms with Gasteiger partial charge in [0.05, 0.1) is 22.6 Å². The SMILES string of the molecule is COc1ccc([N+](=O)[O-])cc1NC(=O)C(=O)NCc1ccc(S(N)(=O)=O)cc1. The zero-order valence-corrected chi connectivity index (χ0v) is 15.4. The van der Waals surface area contributed by atoms with Crippen LogP contribution in [0.15, 0.2) is 47.4 Å². The lowest BCUT2D eigenvalue weighted by atomic mass is 10.2. The Balaban J connectivity index is 2.02. The molecular weight excluding hydrogens is 392 g/mol. The van der Waals surface area contributed by atoms with Gasteiger partial charge in [-0.1, -0.05) is 12.1 Å². The highest BCUT2D eigenvalue weighted by Gasteiger charge is 2.18. The smallest absolute Gasteiger partial charge is 0.313 e. The largest absolute Gasteiger partial charge is 0.495 e. The van der Waals surface area contributed by atoms with Crippen LogP contribution >= 0.6 is 0 Å². The lowest BCUT2D eigenvalue weighted by Crippen LogP contribution is -2.35. The molecule has 148 valence electrons. The van der Waals surface area contributed by atoms with Crippen molar-refractivity contribution in [3.63, 3.8) is 0 Å². The maximum Gasteiger partial charge on any atom is 0.313 e. The Labute approximate surface area is 159 Å². The summed E-state index contributed by atoms with van der Waals surface area (Å²) in [5, 5.41) is 20.4. The molecule has 0 saturated carbocycles. The Morgan fingerprint density at radius 1 is 1.14 bits per heavy atom. The Kier molecular flexibility index (Phi) is 6.28. The number of benzene rings is 2. The van der Waals surface area contributed by atoms with Gasteiger partial charge in [-0.2, -0.15) is 0 Å². The molecule has 0 fully saturated rings. The van der Waals surface area contributed by atoms with Gasteiger partial charge in [-0.3, -0.25) is 19.7 Å². The Hall–Kier alpha value is -3.51. The molecule has 0 saturated heterocycles. The summed E-state index contributed by atoms with van der Waals surface area (Å²) < 4.78 is 27.4. The molecule has 0 bridgehead atoms. The highest BCUT2D eigenvalue weighted by Crippen LogP contribution is 2.28. The van der Waals surface area contributed by atoms with Crippen molar-refractivity contribution in [1.29, 1.82) is 0 Å². The van der Waals surface area contributed by atoms with Crippen LogP contribution in [0.25, 0.3) is 0 Å². The fraction of sp³-hybridized carbons (Fsp3) is 0.125. The van der Waals surface area contributed by atoms with Crippen molar-refractivity contribution in [2.75, 3.05) is 12.4 Å². The molecule has 0 aliphatic carbocycles. The number of sulfonamides is 1. The van der Waals surface area contributed by atoms with Gasteiger partial charge in [0.15, 0.2) is 0 Å². The average molecular weight is 408 g/mol. The lowest BCUT2D eigenvalue weighted by Gasteiger charge is -2.10. The number of ether oxygens (including phenoxy) is 1. The van der Waals surface area contributed by atoms with Gasteiger partial charge in [-0.25, -0.2) is 13.6 Å². The number of anilines is 1. The van der Waals surface area contributed by atoms with E-state index in [1.165, 1.54) is 43.5 Å². The zero-order valence-electron chi connectivity index (χ0n) is 14.5. The lowest BCUT2D eigenvalue weighted by molar-refractivity contribution is -0.384. The van der Waals surface area contributed by atoms with Crippen LogP contribution in [0.5, 0.6) is 5.75 Å². The monoisotopic (exact) mass is 408 g/mol. The van der Waals surface area contributed by atoms with E-state index >= 15 is 0 Å². The van der Waals surface area contributed by atoms with Gasteiger partial charge in [0, 0.05) is 18.7 Å². The molecular formula is C16H16N4O7S. The fourth-order valence-corrected chi connectivity index (χ4v) is 2.66. The standard InChI is InChI=1S/C16H16N4O7S/c1-27-14-7-4-11(20(23)24)8-13(14)19-16(22)15(21)18-9-10-2-5-12(6-3-10)28(17,25)26/h2-8H,9H2,1H3,(H,18,21)(H,19,22)(H2,17,25,26). The van der Waals surface area contributed by atoms with Gasteiger partial charge in [-0.05, 0) is 23.8 Å². The Morgan fingerprint density at radius 3 is 2.32 bits per heavy atom. The van der Waals surface area contributed by atoms with Crippen LogP contribution in [0, 0.1) is 10.1 Å². The van der Waals surface area contributed by atoms with E-state index in [1.54, 1.807) is 0 Å². The maximum atomic E-state index is 12.0. The second kappa shape index (κ2) is 8.45. The predicted octanol–water partition coefficient (Wildman–Crippen LogP) is 0.506. The molecule has 2 aromatic carbocycles. The zero-order chi connectivity index (χ0) is 20.9. The van der Waals surface area contributed by atoms with Crippen molar-refractivity contribution < 1.29 is 27.7 Å². The average Bonchev–Trinajstić information content (AvgIpc) is 2.65. The molecule has 11 nitrogen and oxygen atoms in total. The second-order valence-corrected chi connectivity index (χ2v) is 7.03. The Morgan fingerprint density at radius 2 is 1.79 bits per heavy atom. The predicted molar refractivity (Wildman–Crippen MR) is 97.9 cm³/mol. The maximum absolute atomic E-state index is 12.0. The van der Waals surface area contributed by atoms with Crippen molar-refractivity contribution in [3.8, 4) is 5.75 Å². The first-order valence-electron chi connectivity index (χ1n) is 7.65. The van der Waals surface area contributed by atoms with E-state index in [9.17, 15) is 28.1 Å². The van der Waals surface area contributed by atoms with Gasteiger partial charge in [0.1, 0.15) is 5.75 Å². The number of hydrogen-bond acceptors (Lipinski definition) is 7. The second-order valence-electron chi connectivity index (χ2n) is 5.47. The summed E-state index contributed by atoms with van der Waals surface area (Å²) >= 11 is 0. The van der Waals surface area contributed by atoms with Crippen molar-refractivity contribution in [3.05, 3.63) is 58.1 Å². The van der Waals surface area contributed by atoms with Gasteiger partial charge >= 0.3 is 11.8 Å². The number of non-ortho nitro benzene ring substituents is 1. The number of hydrogen-bond donors (Lipinski definition) is 3. The molecule has 2 aromatic rings. The van der Waals surface area contributed by atoms with E-state index in [2.05, 4.69) is 10.6 Å². The van der Waals surface area contributed by atoms with E-state index in [4.69, 9.17) is 9.88 Å². The van der Waals surface area contributed by atoms with Gasteiger partial charge in [-0.15, -0.1) is 0 Å². The van der Waals surface area contributed by atoms with Crippen LogP contribution in [0.2, 0.25) is 0 Å². The molecule has 0 spiro atoms. The third-order valence-corrected chi connectivity index (χ3v) is 4.48. The van der Waals surface area contributed by atoms with Crippen LogP contribution in [-0.4, -0.2) is 32.3 Å². The van der Waals surface area contributed by atoms with Crippen LogP contribution in [0.4, 0.5) is 11.4 Å². The van der Waals surface area contributed by atoms with Crippen LogP contribution in [0.3, 0.4) is 0 Å². The summed E-state index contributed by atoms with van der Waals surface area (Å²) in [6.07, 6.45) is 0. The number of carbonyl (C=O) groups is 2. The van der Waals surface area contributed by atoms with E-state index in [1.807, 2.05) is 0 Å². The topological polar surface area (TPSA) is 171 Å². The quantitative estimate of drug-likeness (QED) is 0.355. The highest BCUT2D eigenvalue weighted by atomic mass is 32.2. The third kappa shape index (κ3) is 5.25. The first kappa shape index (κ1) is 20.8. The summed E-state index contributed by atoms with van der Waals surface area (Å²) in [6, 6.07) is 8.95. The molecule has 2 amide bonds. The number of nitrogens with two attached hydrogens (primary N) is 1. The molecule has 28 heavy (non-hydrogen) atoms. The number of amides is 2. The van der Waals surface area contributed by atoms with Crippen molar-refractivity contribution in [1.82, 2.24) is 5.32 Å².